The summed E-state index contributed by atoms with van der Waals surface area (Å²) < 4.78 is 47.0. The Morgan fingerprint density at radius 1 is 0.793 bits per heavy atom. The molecule has 7 N–H and O–H groups in total. The second-order valence-corrected chi connectivity index (χ2v) is 9.14. The highest BCUT2D eigenvalue weighted by Gasteiger charge is 2.43. The van der Waals surface area contributed by atoms with E-state index >= 15 is 0 Å². The van der Waals surface area contributed by atoms with E-state index in [9.17, 15) is 38.0 Å². The van der Waals surface area contributed by atoms with Crippen molar-refractivity contribution in [3.05, 3.63) is 0 Å². The van der Waals surface area contributed by atoms with Crippen molar-refractivity contribution in [2.45, 2.75) is 18.4 Å². The highest BCUT2D eigenvalue weighted by Crippen LogP contribution is 2.66. The van der Waals surface area contributed by atoms with Gasteiger partial charge in [0.25, 0.3) is 0 Å². The Bertz CT molecular complexity index is 810. The van der Waals surface area contributed by atoms with Crippen molar-refractivity contribution in [2.75, 3.05) is 6.61 Å². The van der Waals surface area contributed by atoms with Crippen LogP contribution in [0, 0.1) is 0 Å². The van der Waals surface area contributed by atoms with Gasteiger partial charge in [0.1, 0.15) is 0 Å². The van der Waals surface area contributed by atoms with Crippen LogP contribution in [0.5, 0.6) is 0 Å². The third kappa shape index (κ3) is 11.8. The molecule has 0 amide bonds. The molecule has 0 radical (unpaired) electrons. The summed E-state index contributed by atoms with van der Waals surface area (Å²) in [5.41, 5.74) is -3.11. The average Bonchev–Trinajstić information content (AvgIpc) is 2.38. The van der Waals surface area contributed by atoms with E-state index in [0.717, 1.165) is 0 Å². The third-order valence-corrected chi connectivity index (χ3v) is 6.02. The Morgan fingerprint density at radius 2 is 1.31 bits per heavy atom. The van der Waals surface area contributed by atoms with Crippen molar-refractivity contribution in [3.63, 3.8) is 0 Å². The Labute approximate surface area is 159 Å². The zero-order chi connectivity index (χ0) is 23.3. The number of phosphoric ester groups is 1. The van der Waals surface area contributed by atoms with E-state index in [0.29, 0.717) is 0 Å². The summed E-state index contributed by atoms with van der Waals surface area (Å²) in [4.78, 5) is 78.5. The topological polar surface area (TPSA) is 298 Å². The molecule has 0 aromatic heterocycles. The lowest BCUT2D eigenvalue weighted by Gasteiger charge is -2.20. The van der Waals surface area contributed by atoms with Crippen LogP contribution in [0.25, 0.3) is 0 Å². The van der Waals surface area contributed by atoms with Gasteiger partial charge >= 0.3 is 47.3 Å². The molecule has 3 atom stereocenters. The summed E-state index contributed by atoms with van der Waals surface area (Å²) in [7, 11) is -17.4. The first kappa shape index (κ1) is 27.3. The van der Waals surface area contributed by atoms with E-state index in [-0.39, 0.29) is 0 Å². The molecule has 0 saturated heterocycles. The highest BCUT2D eigenvalue weighted by atomic mass is 31.3. The Balaban J connectivity index is 4.82. The maximum absolute atomic E-state index is 11.4. The number of carboxylic acids is 2. The quantitative estimate of drug-likeness (QED) is 0.116. The second-order valence-electron chi connectivity index (χ2n) is 4.80. The average molecular weight is 490 g/mol. The van der Waals surface area contributed by atoms with Crippen molar-refractivity contribution in [1.29, 1.82) is 0 Å². The van der Waals surface area contributed by atoms with E-state index in [1.165, 1.54) is 0 Å². The van der Waals surface area contributed by atoms with Gasteiger partial charge in [-0.05, 0) is 0 Å². The number of carbonyl (C=O) groups is 4. The molecule has 18 nitrogen and oxygen atoms in total. The van der Waals surface area contributed by atoms with Crippen LogP contribution in [-0.4, -0.2) is 71.0 Å². The van der Waals surface area contributed by atoms with Crippen molar-refractivity contribution in [1.82, 2.24) is 0 Å². The molecule has 0 aliphatic carbocycles. The van der Waals surface area contributed by atoms with Gasteiger partial charge in [0.05, 0.1) is 12.8 Å². The number of carboxylic acid groups (broad SMARTS) is 2. The normalized spacial score (nSPS) is 17.8. The molecule has 0 saturated carbocycles. The van der Waals surface area contributed by atoms with E-state index < -0.39 is 72.4 Å². The summed E-state index contributed by atoms with van der Waals surface area (Å²) in [6.45, 7) is -1.55. The number of aliphatic carboxylic acids is 2. The molecule has 0 fully saturated rings. The molecule has 0 aliphatic heterocycles. The van der Waals surface area contributed by atoms with Gasteiger partial charge in [0.15, 0.2) is 12.2 Å². The number of aliphatic hydroxyl groups is 1. The van der Waals surface area contributed by atoms with Gasteiger partial charge in [0.2, 0.25) is 0 Å². The predicted molar refractivity (Wildman–Crippen MR) is 80.4 cm³/mol. The fourth-order valence-electron chi connectivity index (χ4n) is 1.34. The van der Waals surface area contributed by atoms with Crippen molar-refractivity contribution in [3.8, 4) is 0 Å². The summed E-state index contributed by atoms with van der Waals surface area (Å²) >= 11 is 0. The van der Waals surface area contributed by atoms with Gasteiger partial charge in [-0.3, -0.25) is 14.5 Å². The predicted octanol–water partition coefficient (Wildman–Crippen LogP) is -1.92. The van der Waals surface area contributed by atoms with Gasteiger partial charge < -0.3 is 39.3 Å². The number of hydrogen-bond acceptors (Lipinski definition) is 12. The van der Waals surface area contributed by atoms with Gasteiger partial charge in [-0.15, -0.1) is 0 Å². The Hall–Kier alpha value is -1.71. The largest absolute Gasteiger partial charge is 0.538 e. The number of esters is 1. The standard InChI is InChI=1S/C8H13O18P3/c9-4(10)1-8(15,7(13)14)2-5(11)23-3-6(12)24-28(19,20)26-29(21,22)25-27(16,17)18/h15H,1-3H2,(H,9,10)(H,13,14)(H,19,20)(H,21,22)(H2,16,17,18). The Kier molecular flexibility index (Phi) is 9.28. The molecular weight excluding hydrogens is 477 g/mol. The van der Waals surface area contributed by atoms with Gasteiger partial charge in [-0.1, -0.05) is 0 Å². The third-order valence-electron chi connectivity index (χ3n) is 2.26. The molecule has 29 heavy (non-hydrogen) atoms. The van der Waals surface area contributed by atoms with Crippen LogP contribution in [0.15, 0.2) is 0 Å². The first-order chi connectivity index (χ1) is 12.8. The summed E-state index contributed by atoms with van der Waals surface area (Å²) in [6, 6.07) is 0. The first-order valence-corrected chi connectivity index (χ1v) is 11.0. The lowest BCUT2D eigenvalue weighted by molar-refractivity contribution is -0.173. The molecule has 168 valence electrons. The van der Waals surface area contributed by atoms with Gasteiger partial charge in [-0.2, -0.15) is 8.62 Å². The molecule has 0 heterocycles. The smallest absolute Gasteiger partial charge is 0.481 e. The second kappa shape index (κ2) is 9.86. The number of rotatable bonds is 12. The van der Waals surface area contributed by atoms with E-state index in [2.05, 4.69) is 17.9 Å². The number of phosphoric acid groups is 3. The van der Waals surface area contributed by atoms with Crippen LogP contribution >= 0.6 is 23.5 Å². The lowest BCUT2D eigenvalue weighted by Crippen LogP contribution is -2.43. The number of ether oxygens (including phenoxy) is 1. The fraction of sp³-hybridized carbons (Fsp3) is 0.500. The first-order valence-electron chi connectivity index (χ1n) is 6.46. The number of hydrogen-bond donors (Lipinski definition) is 7. The van der Waals surface area contributed by atoms with Crippen molar-refractivity contribution >= 4 is 47.3 Å². The molecule has 0 rings (SSSR count). The number of carbonyl (C=O) groups excluding carboxylic acids is 2. The maximum Gasteiger partial charge on any atom is 0.538 e. The molecule has 0 aliphatic rings. The molecule has 0 bridgehead atoms. The molecule has 0 aromatic rings. The van der Waals surface area contributed by atoms with Crippen molar-refractivity contribution < 1.29 is 85.6 Å². The maximum atomic E-state index is 11.4. The summed E-state index contributed by atoms with van der Waals surface area (Å²) in [5.74, 6) is -7.53. The summed E-state index contributed by atoms with van der Waals surface area (Å²) in [6.07, 6.45) is -2.88. The Morgan fingerprint density at radius 3 is 1.72 bits per heavy atom. The van der Waals surface area contributed by atoms with Gasteiger partial charge in [-0.25, -0.2) is 23.3 Å². The van der Waals surface area contributed by atoms with Crippen LogP contribution in [-0.2, 0) is 50.8 Å². The van der Waals surface area contributed by atoms with Crippen LogP contribution in [0.2, 0.25) is 0 Å². The van der Waals surface area contributed by atoms with E-state index in [4.69, 9.17) is 29.8 Å². The molecule has 0 spiro atoms. The highest BCUT2D eigenvalue weighted by molar-refractivity contribution is 7.66. The van der Waals surface area contributed by atoms with E-state index in [1.54, 1.807) is 0 Å². The molecule has 0 aromatic carbocycles. The van der Waals surface area contributed by atoms with Gasteiger partial charge in [0, 0.05) is 0 Å². The van der Waals surface area contributed by atoms with E-state index in [1.807, 2.05) is 0 Å². The molecule has 3 unspecified atom stereocenters. The molecular formula is C8H13O18P3. The van der Waals surface area contributed by atoms with Crippen molar-refractivity contribution in [2.24, 2.45) is 0 Å². The minimum absolute atomic E-state index is 1.42. The van der Waals surface area contributed by atoms with Crippen LogP contribution in [0.1, 0.15) is 12.8 Å². The van der Waals surface area contributed by atoms with Crippen LogP contribution in [0.3, 0.4) is 0 Å². The SMILES string of the molecule is O=C(O)CC(O)(CC(=O)OCC(=O)OP(=O)(O)OP(=O)(O)OP(=O)(O)O)C(=O)O. The minimum atomic E-state index is -5.90. The minimum Gasteiger partial charge on any atom is -0.481 e. The van der Waals surface area contributed by atoms with Crippen LogP contribution in [0.4, 0.5) is 0 Å². The fourth-order valence-corrected chi connectivity index (χ4v) is 4.29. The van der Waals surface area contributed by atoms with Crippen LogP contribution < -0.4 is 0 Å². The monoisotopic (exact) mass is 490 g/mol. The molecule has 21 heteroatoms. The lowest BCUT2D eigenvalue weighted by atomic mass is 9.96. The zero-order valence-electron chi connectivity index (χ0n) is 13.6. The zero-order valence-corrected chi connectivity index (χ0v) is 16.3. The summed E-state index contributed by atoms with van der Waals surface area (Å²) in [5, 5.41) is 26.8.